The maximum absolute atomic E-state index is 5.80. The van der Waals surface area contributed by atoms with Gasteiger partial charge >= 0.3 is 0 Å². The van der Waals surface area contributed by atoms with Crippen molar-refractivity contribution in [3.05, 3.63) is 315 Å². The lowest BCUT2D eigenvalue weighted by Crippen LogP contribution is -2.09. The van der Waals surface area contributed by atoms with Gasteiger partial charge in [-0.25, -0.2) is 9.97 Å². The highest BCUT2D eigenvalue weighted by molar-refractivity contribution is 6.05. The highest BCUT2D eigenvalue weighted by atomic mass is 15.1. The zero-order chi connectivity index (χ0) is 53.2. The number of para-hydroxylation sites is 4. The summed E-state index contributed by atoms with van der Waals surface area (Å²) in [4.78, 5) is 16.2. The van der Waals surface area contributed by atoms with Gasteiger partial charge in [0.25, 0.3) is 0 Å². The molecule has 0 fully saturated rings. The Morgan fingerprint density at radius 3 is 0.762 bits per heavy atom. The Hall–Kier alpha value is -10.7. The summed E-state index contributed by atoms with van der Waals surface area (Å²) in [5, 5.41) is 4.75. The number of hydrogen-bond donors (Lipinski definition) is 0. The van der Waals surface area contributed by atoms with Crippen molar-refractivity contribution >= 4 is 66.7 Å². The van der Waals surface area contributed by atoms with Crippen LogP contribution in [0.2, 0.25) is 0 Å². The summed E-state index contributed by atoms with van der Waals surface area (Å²) in [5.41, 5.74) is 20.6. The molecule has 4 heteroatoms. The molecule has 1 heterocycles. The van der Waals surface area contributed by atoms with E-state index in [1.54, 1.807) is 0 Å². The predicted octanol–water partition coefficient (Wildman–Crippen LogP) is 20.9. The van der Waals surface area contributed by atoms with Crippen LogP contribution in [0.5, 0.6) is 0 Å². The van der Waals surface area contributed by atoms with E-state index in [1.165, 1.54) is 21.5 Å². The van der Waals surface area contributed by atoms with Gasteiger partial charge in [-0.15, -0.1) is 0 Å². The molecule has 0 saturated carbocycles. The molecule has 14 aromatic rings. The van der Waals surface area contributed by atoms with Gasteiger partial charge in [0.2, 0.25) is 0 Å². The molecule has 0 radical (unpaired) electrons. The third kappa shape index (κ3) is 9.31. The zero-order valence-electron chi connectivity index (χ0n) is 43.8. The standard InChI is InChI=1S/C76H52N4/c1-5-21-65(22-6-1)79(66-23-7-2-8-24-66)69-45-41-57(42-46-69)55-29-35-59(36-30-55)73-74(60-37-31-56(32-38-60)58-43-47-70(48-44-58)80(67-25-9-3-10-26-67)68-27-11-4-12-28-68)78-76-72(64-40-34-54-18-14-16-20-62(54)52-64)50-49-71(75(76)77-73)63-39-33-53-17-13-15-19-61(53)51-63/h1-52H. The Bertz CT molecular complexity index is 4100. The highest BCUT2D eigenvalue weighted by Crippen LogP contribution is 2.42. The van der Waals surface area contributed by atoms with Crippen molar-refractivity contribution < 1.29 is 0 Å². The van der Waals surface area contributed by atoms with Crippen molar-refractivity contribution in [2.45, 2.75) is 0 Å². The number of anilines is 6. The van der Waals surface area contributed by atoms with E-state index in [-0.39, 0.29) is 0 Å². The minimum Gasteiger partial charge on any atom is -0.311 e. The first kappa shape index (κ1) is 47.7. The van der Waals surface area contributed by atoms with E-state index in [1.807, 2.05) is 0 Å². The lowest BCUT2D eigenvalue weighted by atomic mass is 9.93. The molecule has 14 rings (SSSR count). The summed E-state index contributed by atoms with van der Waals surface area (Å²) in [6.45, 7) is 0. The van der Waals surface area contributed by atoms with Gasteiger partial charge in [-0.05, 0) is 140 Å². The van der Waals surface area contributed by atoms with Crippen molar-refractivity contribution in [1.82, 2.24) is 9.97 Å². The van der Waals surface area contributed by atoms with Gasteiger partial charge in [-0.2, -0.15) is 0 Å². The molecule has 0 saturated heterocycles. The summed E-state index contributed by atoms with van der Waals surface area (Å²) in [5.74, 6) is 0. The van der Waals surface area contributed by atoms with Crippen molar-refractivity contribution in [2.24, 2.45) is 0 Å². The molecule has 0 aliphatic heterocycles. The van der Waals surface area contributed by atoms with Crippen LogP contribution in [0, 0.1) is 0 Å². The maximum Gasteiger partial charge on any atom is 0.0979 e. The monoisotopic (exact) mass is 1020 g/mol. The molecule has 0 unspecified atom stereocenters. The van der Waals surface area contributed by atoms with E-state index in [9.17, 15) is 0 Å². The van der Waals surface area contributed by atoms with Gasteiger partial charge in [-0.1, -0.05) is 231 Å². The largest absolute Gasteiger partial charge is 0.311 e. The smallest absolute Gasteiger partial charge is 0.0979 e. The number of benzene rings is 13. The van der Waals surface area contributed by atoms with E-state index < -0.39 is 0 Å². The van der Waals surface area contributed by atoms with Gasteiger partial charge in [0.1, 0.15) is 0 Å². The van der Waals surface area contributed by atoms with E-state index in [4.69, 9.17) is 9.97 Å². The average molecular weight is 1020 g/mol. The third-order valence-electron chi connectivity index (χ3n) is 15.2. The topological polar surface area (TPSA) is 32.3 Å². The van der Waals surface area contributed by atoms with E-state index in [0.717, 1.165) is 112 Å². The van der Waals surface area contributed by atoms with Crippen LogP contribution in [0.15, 0.2) is 315 Å². The van der Waals surface area contributed by atoms with E-state index in [2.05, 4.69) is 325 Å². The second-order valence-electron chi connectivity index (χ2n) is 20.2. The van der Waals surface area contributed by atoms with E-state index in [0.29, 0.717) is 0 Å². The second-order valence-corrected chi connectivity index (χ2v) is 20.2. The molecule has 0 amide bonds. The van der Waals surface area contributed by atoms with Crippen LogP contribution in [0.4, 0.5) is 34.1 Å². The van der Waals surface area contributed by atoms with Crippen molar-refractivity contribution in [3.8, 4) is 67.0 Å². The van der Waals surface area contributed by atoms with Crippen LogP contribution < -0.4 is 9.80 Å². The fraction of sp³-hybridized carbons (Fsp3) is 0. The SMILES string of the molecule is c1ccc(N(c2ccccc2)c2ccc(-c3ccc(-c4nc5c(-c6ccc7ccccc7c6)ccc(-c6ccc7ccccc7c6)c5nc4-c4ccc(-c5ccc(N(c6ccccc6)c6ccccc6)cc5)cc4)cc3)cc2)cc1. The number of nitrogens with zero attached hydrogens (tertiary/aromatic N) is 4. The van der Waals surface area contributed by atoms with Crippen LogP contribution in [0.25, 0.3) is 99.6 Å². The van der Waals surface area contributed by atoms with Gasteiger partial charge in [-0.3, -0.25) is 0 Å². The van der Waals surface area contributed by atoms with Gasteiger partial charge in [0.05, 0.1) is 22.4 Å². The van der Waals surface area contributed by atoms with Gasteiger partial charge in [0.15, 0.2) is 0 Å². The molecule has 0 N–H and O–H groups in total. The first-order valence-electron chi connectivity index (χ1n) is 27.2. The molecule has 0 atom stereocenters. The lowest BCUT2D eigenvalue weighted by Gasteiger charge is -2.25. The number of aromatic nitrogens is 2. The predicted molar refractivity (Wildman–Crippen MR) is 337 cm³/mol. The summed E-state index contributed by atoms with van der Waals surface area (Å²) in [7, 11) is 0. The van der Waals surface area contributed by atoms with Crippen LogP contribution in [-0.2, 0) is 0 Å². The van der Waals surface area contributed by atoms with Crippen molar-refractivity contribution in [1.29, 1.82) is 0 Å². The minimum atomic E-state index is 0.817. The van der Waals surface area contributed by atoms with Gasteiger partial charge < -0.3 is 9.80 Å². The Kier molecular flexibility index (Phi) is 12.6. The first-order valence-corrected chi connectivity index (χ1v) is 27.2. The number of hydrogen-bond acceptors (Lipinski definition) is 4. The Morgan fingerprint density at radius 1 is 0.188 bits per heavy atom. The second kappa shape index (κ2) is 21.0. The highest BCUT2D eigenvalue weighted by Gasteiger charge is 2.21. The summed E-state index contributed by atoms with van der Waals surface area (Å²) < 4.78 is 0. The maximum atomic E-state index is 5.80. The Morgan fingerprint density at radius 2 is 0.438 bits per heavy atom. The zero-order valence-corrected chi connectivity index (χ0v) is 43.8. The molecule has 0 bridgehead atoms. The summed E-state index contributed by atoms with van der Waals surface area (Å²) in [6, 6.07) is 112. The molecule has 0 aliphatic carbocycles. The fourth-order valence-electron chi connectivity index (χ4n) is 11.2. The average Bonchev–Trinajstić information content (AvgIpc) is 3.59. The molecule has 13 aromatic carbocycles. The van der Waals surface area contributed by atoms with E-state index >= 15 is 0 Å². The molecule has 376 valence electrons. The quantitative estimate of drug-likeness (QED) is 0.122. The molecule has 0 spiro atoms. The van der Waals surface area contributed by atoms with Crippen molar-refractivity contribution in [2.75, 3.05) is 9.80 Å². The number of rotatable bonds is 12. The lowest BCUT2D eigenvalue weighted by molar-refractivity contribution is 1.28. The third-order valence-corrected chi connectivity index (χ3v) is 15.2. The normalized spacial score (nSPS) is 11.2. The van der Waals surface area contributed by atoms with Crippen LogP contribution in [0.1, 0.15) is 0 Å². The molecule has 1 aromatic heterocycles. The van der Waals surface area contributed by atoms with Gasteiger partial charge in [0, 0.05) is 56.4 Å². The first-order chi connectivity index (χ1) is 39.6. The fourth-order valence-corrected chi connectivity index (χ4v) is 11.2. The molecule has 4 nitrogen and oxygen atoms in total. The number of fused-ring (bicyclic) bond motifs is 3. The van der Waals surface area contributed by atoms with Crippen LogP contribution >= 0.6 is 0 Å². The summed E-state index contributed by atoms with van der Waals surface area (Å²) in [6.07, 6.45) is 0. The molecule has 0 aliphatic rings. The Labute approximate surface area is 466 Å². The summed E-state index contributed by atoms with van der Waals surface area (Å²) >= 11 is 0. The molecule has 80 heavy (non-hydrogen) atoms. The van der Waals surface area contributed by atoms with Crippen LogP contribution in [-0.4, -0.2) is 9.97 Å². The van der Waals surface area contributed by atoms with Crippen LogP contribution in [0.3, 0.4) is 0 Å². The Balaban J connectivity index is 0.889. The minimum absolute atomic E-state index is 0.817. The van der Waals surface area contributed by atoms with Crippen molar-refractivity contribution in [3.63, 3.8) is 0 Å². The molecular weight excluding hydrogens is 969 g/mol. The molecular formula is C76H52N4.